The first kappa shape index (κ1) is 36.2. The molecule has 0 atom stereocenters. The maximum Gasteiger partial charge on any atom is 0.160 e. The van der Waals surface area contributed by atoms with Crippen molar-refractivity contribution in [2.24, 2.45) is 0 Å². The van der Waals surface area contributed by atoms with Gasteiger partial charge in [-0.15, -0.1) is 11.3 Å². The second kappa shape index (κ2) is 15.7. The normalized spacial score (nSPS) is 11.3. The molecule has 8 aromatic carbocycles. The minimum absolute atomic E-state index is 0.708. The zero-order valence-electron chi connectivity index (χ0n) is 33.0. The first-order valence-corrected chi connectivity index (χ1v) is 21.2. The molecule has 0 N–H and O–H groups in total. The maximum absolute atomic E-state index is 5.13. The molecule has 286 valence electrons. The predicted octanol–water partition coefficient (Wildman–Crippen LogP) is 15.0. The molecule has 0 aliphatic rings. The van der Waals surface area contributed by atoms with E-state index in [1.807, 2.05) is 72.0 Å². The monoisotopic (exact) mass is 796 g/mol. The quantitative estimate of drug-likeness (QED) is 0.154. The molecule has 11 rings (SSSR count). The molecule has 0 unspecified atom stereocenters. The van der Waals surface area contributed by atoms with Gasteiger partial charge in [0.2, 0.25) is 0 Å². The molecule has 0 aliphatic carbocycles. The molecule has 11 aromatic rings. The molecular weight excluding hydrogens is 761 g/mol. The zero-order valence-corrected chi connectivity index (χ0v) is 33.8. The Balaban J connectivity index is 0.975. The summed E-state index contributed by atoms with van der Waals surface area (Å²) in [5, 5.41) is 2.51. The fourth-order valence-electron chi connectivity index (χ4n) is 8.12. The van der Waals surface area contributed by atoms with Crippen molar-refractivity contribution in [1.82, 2.24) is 19.9 Å². The van der Waals surface area contributed by atoms with Crippen LogP contribution in [0.5, 0.6) is 0 Å². The van der Waals surface area contributed by atoms with Crippen LogP contribution in [0.3, 0.4) is 0 Å². The van der Waals surface area contributed by atoms with Crippen molar-refractivity contribution in [2.45, 2.75) is 0 Å². The number of nitrogens with zero attached hydrogens (tertiary/aromatic N) is 4. The molecule has 0 spiro atoms. The van der Waals surface area contributed by atoms with Crippen molar-refractivity contribution in [1.29, 1.82) is 0 Å². The van der Waals surface area contributed by atoms with E-state index in [0.717, 1.165) is 67.3 Å². The Bertz CT molecular complexity index is 3210. The first-order chi connectivity index (χ1) is 30.2. The summed E-state index contributed by atoms with van der Waals surface area (Å²) in [6.45, 7) is 0. The number of aromatic nitrogens is 4. The molecule has 3 heterocycles. The topological polar surface area (TPSA) is 51.6 Å². The van der Waals surface area contributed by atoms with Crippen LogP contribution in [-0.2, 0) is 0 Å². The third-order valence-electron chi connectivity index (χ3n) is 11.1. The Morgan fingerprint density at radius 3 is 1.25 bits per heavy atom. The van der Waals surface area contributed by atoms with Crippen LogP contribution in [-0.4, -0.2) is 19.9 Å². The molecule has 5 heteroatoms. The fraction of sp³-hybridized carbons (Fsp3) is 0. The molecule has 0 aliphatic heterocycles. The lowest BCUT2D eigenvalue weighted by Crippen LogP contribution is -1.96. The minimum atomic E-state index is 0.708. The predicted molar refractivity (Wildman–Crippen MR) is 254 cm³/mol. The van der Waals surface area contributed by atoms with E-state index in [2.05, 4.69) is 158 Å². The maximum atomic E-state index is 5.13. The van der Waals surface area contributed by atoms with E-state index in [-0.39, 0.29) is 0 Å². The number of rotatable bonds is 8. The zero-order chi connectivity index (χ0) is 40.5. The largest absolute Gasteiger partial charge is 0.228 e. The van der Waals surface area contributed by atoms with Gasteiger partial charge in [0.25, 0.3) is 0 Å². The van der Waals surface area contributed by atoms with Crippen molar-refractivity contribution in [3.63, 3.8) is 0 Å². The van der Waals surface area contributed by atoms with Crippen molar-refractivity contribution in [3.05, 3.63) is 218 Å². The fourth-order valence-corrected chi connectivity index (χ4v) is 9.38. The lowest BCUT2D eigenvalue weighted by atomic mass is 9.95. The average Bonchev–Trinajstić information content (AvgIpc) is 3.74. The van der Waals surface area contributed by atoms with Gasteiger partial charge in [-0.2, -0.15) is 0 Å². The molecule has 0 saturated carbocycles. The van der Waals surface area contributed by atoms with Crippen LogP contribution in [0.2, 0.25) is 0 Å². The molecule has 0 fully saturated rings. The van der Waals surface area contributed by atoms with E-state index in [9.17, 15) is 0 Å². The summed E-state index contributed by atoms with van der Waals surface area (Å²) < 4.78 is 2.52. The Kier molecular flexibility index (Phi) is 9.34. The third-order valence-corrected chi connectivity index (χ3v) is 12.3. The summed E-state index contributed by atoms with van der Waals surface area (Å²) in [5.74, 6) is 1.42. The summed E-state index contributed by atoms with van der Waals surface area (Å²) >= 11 is 1.85. The van der Waals surface area contributed by atoms with Gasteiger partial charge in [-0.1, -0.05) is 194 Å². The molecule has 0 bridgehead atoms. The van der Waals surface area contributed by atoms with Gasteiger partial charge in [0.1, 0.15) is 0 Å². The molecule has 0 amide bonds. The van der Waals surface area contributed by atoms with E-state index >= 15 is 0 Å². The highest BCUT2D eigenvalue weighted by Crippen LogP contribution is 2.44. The summed E-state index contributed by atoms with van der Waals surface area (Å²) in [5.41, 5.74) is 14.5. The molecule has 61 heavy (non-hydrogen) atoms. The second-order valence-electron chi connectivity index (χ2n) is 15.0. The lowest BCUT2D eigenvalue weighted by Gasteiger charge is -2.11. The van der Waals surface area contributed by atoms with E-state index < -0.39 is 0 Å². The summed E-state index contributed by atoms with van der Waals surface area (Å²) in [7, 11) is 0. The number of fused-ring (bicyclic) bond motifs is 3. The number of benzene rings is 8. The van der Waals surface area contributed by atoms with Gasteiger partial charge in [0.05, 0.1) is 22.8 Å². The van der Waals surface area contributed by atoms with Crippen molar-refractivity contribution in [3.8, 4) is 90.1 Å². The standard InChI is InChI=1S/C56H36N4S/c1-5-16-38(17-6-1)48-35-50(59-55(57-48)41-20-9-3-10-21-41)40-32-30-37(31-33-40)46-27-14-28-47-53-45(26-15-29-52(53)61-54(46)47)43-24-13-25-44(34-43)51-36-49(39-18-7-2-8-19-39)58-56(60-51)42-22-11-4-12-23-42/h1-36H. The molecule has 4 nitrogen and oxygen atoms in total. The van der Waals surface area contributed by atoms with Crippen LogP contribution in [0.1, 0.15) is 0 Å². The van der Waals surface area contributed by atoms with E-state index in [4.69, 9.17) is 19.9 Å². The van der Waals surface area contributed by atoms with Gasteiger partial charge in [0.15, 0.2) is 11.6 Å². The molecule has 0 saturated heterocycles. The highest BCUT2D eigenvalue weighted by Gasteiger charge is 2.17. The summed E-state index contributed by atoms with van der Waals surface area (Å²) in [6, 6.07) is 76.2. The van der Waals surface area contributed by atoms with Gasteiger partial charge in [0, 0.05) is 53.6 Å². The SMILES string of the molecule is c1ccc(-c2cc(-c3ccc(-c4cccc5c4sc4cccc(-c6cccc(-c7cc(-c8ccccc8)nc(-c8ccccc8)n7)c6)c45)cc3)nc(-c3ccccc3)n2)cc1. The van der Waals surface area contributed by atoms with Crippen LogP contribution in [0.4, 0.5) is 0 Å². The Morgan fingerprint density at radius 1 is 0.279 bits per heavy atom. The van der Waals surface area contributed by atoms with Crippen LogP contribution in [0.25, 0.3) is 110 Å². The third kappa shape index (κ3) is 7.07. The summed E-state index contributed by atoms with van der Waals surface area (Å²) in [6.07, 6.45) is 0. The van der Waals surface area contributed by atoms with Crippen LogP contribution >= 0.6 is 11.3 Å². The number of hydrogen-bond acceptors (Lipinski definition) is 5. The highest BCUT2D eigenvalue weighted by molar-refractivity contribution is 7.26. The smallest absolute Gasteiger partial charge is 0.160 e. The Morgan fingerprint density at radius 2 is 0.689 bits per heavy atom. The van der Waals surface area contributed by atoms with Gasteiger partial charge in [-0.3, -0.25) is 0 Å². The van der Waals surface area contributed by atoms with E-state index in [1.165, 1.54) is 31.3 Å². The average molecular weight is 797 g/mol. The first-order valence-electron chi connectivity index (χ1n) is 20.4. The van der Waals surface area contributed by atoms with E-state index in [0.29, 0.717) is 11.6 Å². The minimum Gasteiger partial charge on any atom is -0.228 e. The Labute approximate surface area is 358 Å². The van der Waals surface area contributed by atoms with Crippen molar-refractivity contribution >= 4 is 31.5 Å². The summed E-state index contributed by atoms with van der Waals surface area (Å²) in [4.78, 5) is 20.2. The van der Waals surface area contributed by atoms with Crippen LogP contribution in [0, 0.1) is 0 Å². The van der Waals surface area contributed by atoms with Crippen LogP contribution < -0.4 is 0 Å². The molecule has 3 aromatic heterocycles. The number of hydrogen-bond donors (Lipinski definition) is 0. The van der Waals surface area contributed by atoms with Crippen molar-refractivity contribution in [2.75, 3.05) is 0 Å². The number of thiophene rings is 1. The van der Waals surface area contributed by atoms with Crippen LogP contribution in [0.15, 0.2) is 218 Å². The Hall–Kier alpha value is -7.86. The lowest BCUT2D eigenvalue weighted by molar-refractivity contribution is 1.18. The van der Waals surface area contributed by atoms with Gasteiger partial charge >= 0.3 is 0 Å². The van der Waals surface area contributed by atoms with E-state index in [1.54, 1.807) is 0 Å². The molecular formula is C56H36N4S. The second-order valence-corrected chi connectivity index (χ2v) is 16.1. The van der Waals surface area contributed by atoms with Gasteiger partial charge < -0.3 is 0 Å². The highest BCUT2D eigenvalue weighted by atomic mass is 32.1. The van der Waals surface area contributed by atoms with Crippen molar-refractivity contribution < 1.29 is 0 Å². The van der Waals surface area contributed by atoms with Gasteiger partial charge in [-0.05, 0) is 46.5 Å². The van der Waals surface area contributed by atoms with Gasteiger partial charge in [-0.25, -0.2) is 19.9 Å². The molecule has 0 radical (unpaired) electrons.